The molecule has 35 heavy (non-hydrogen) atoms. The number of hydrogen-bond donors (Lipinski definition) is 0. The third-order valence-corrected chi connectivity index (χ3v) is 7.07. The first kappa shape index (κ1) is 20.0. The molecule has 0 unspecified atom stereocenters. The molecule has 2 aliphatic heterocycles. The van der Waals surface area contributed by atoms with Crippen molar-refractivity contribution in [1.29, 1.82) is 0 Å². The van der Waals surface area contributed by atoms with Crippen molar-refractivity contribution in [3.63, 3.8) is 0 Å². The van der Waals surface area contributed by atoms with Crippen LogP contribution in [-0.2, 0) is 0 Å². The highest BCUT2D eigenvalue weighted by Crippen LogP contribution is 2.42. The molecule has 0 radical (unpaired) electrons. The van der Waals surface area contributed by atoms with Crippen LogP contribution in [0.25, 0.3) is 39.6 Å². The van der Waals surface area contributed by atoms with Gasteiger partial charge in [0.15, 0.2) is 0 Å². The maximum absolute atomic E-state index is 5.01. The van der Waals surface area contributed by atoms with Crippen LogP contribution in [0.5, 0.6) is 0 Å². The van der Waals surface area contributed by atoms with Crippen molar-refractivity contribution in [2.75, 3.05) is 4.90 Å². The fourth-order valence-electron chi connectivity index (χ4n) is 5.50. The van der Waals surface area contributed by atoms with Gasteiger partial charge >= 0.3 is 0 Å². The van der Waals surface area contributed by atoms with Crippen molar-refractivity contribution < 1.29 is 0 Å². The van der Waals surface area contributed by atoms with Gasteiger partial charge in [-0.15, -0.1) is 0 Å². The summed E-state index contributed by atoms with van der Waals surface area (Å²) >= 11 is 0. The van der Waals surface area contributed by atoms with Gasteiger partial charge in [0.25, 0.3) is 0 Å². The van der Waals surface area contributed by atoms with E-state index in [9.17, 15) is 0 Å². The summed E-state index contributed by atoms with van der Waals surface area (Å²) < 4.78 is 2.38. The second-order valence-electron chi connectivity index (χ2n) is 9.26. The van der Waals surface area contributed by atoms with Gasteiger partial charge in [-0.3, -0.25) is 4.90 Å². The lowest BCUT2D eigenvalue weighted by Gasteiger charge is -2.29. The SMILES string of the molecule is CC1=CCCC(N2c3ccccc3C=Cc3cc4c(cc32)c2ccccc2n4-c2ccccc2)=N1. The average Bonchev–Trinajstić information content (AvgIpc) is 3.12. The van der Waals surface area contributed by atoms with E-state index >= 15 is 0 Å². The van der Waals surface area contributed by atoms with E-state index in [1.54, 1.807) is 0 Å². The molecule has 0 N–H and O–H groups in total. The number of nitrogens with zero attached hydrogens (tertiary/aromatic N) is 3. The Labute approximate surface area is 205 Å². The molecule has 3 nitrogen and oxygen atoms in total. The van der Waals surface area contributed by atoms with Gasteiger partial charge in [-0.2, -0.15) is 0 Å². The van der Waals surface area contributed by atoms with E-state index in [0.717, 1.165) is 24.4 Å². The molecule has 0 saturated heterocycles. The second kappa shape index (κ2) is 7.85. The first-order valence-corrected chi connectivity index (χ1v) is 12.2. The third-order valence-electron chi connectivity index (χ3n) is 7.07. The molecule has 0 amide bonds. The summed E-state index contributed by atoms with van der Waals surface area (Å²) in [6.45, 7) is 2.10. The minimum atomic E-state index is 0.926. The van der Waals surface area contributed by atoms with Gasteiger partial charge in [-0.25, -0.2) is 4.99 Å². The van der Waals surface area contributed by atoms with E-state index in [1.165, 1.54) is 50.0 Å². The summed E-state index contributed by atoms with van der Waals surface area (Å²) in [5.41, 5.74) is 9.47. The van der Waals surface area contributed by atoms with Gasteiger partial charge in [0.05, 0.1) is 22.4 Å². The summed E-state index contributed by atoms with van der Waals surface area (Å²) in [5, 5.41) is 2.52. The molecule has 0 fully saturated rings. The van der Waals surface area contributed by atoms with Crippen LogP contribution in [0.15, 0.2) is 108 Å². The van der Waals surface area contributed by atoms with Crippen molar-refractivity contribution in [1.82, 2.24) is 4.57 Å². The molecule has 2 aliphatic rings. The van der Waals surface area contributed by atoms with Crippen LogP contribution in [0.4, 0.5) is 11.4 Å². The van der Waals surface area contributed by atoms with E-state index in [0.29, 0.717) is 0 Å². The predicted octanol–water partition coefficient (Wildman–Crippen LogP) is 8.50. The zero-order valence-corrected chi connectivity index (χ0v) is 19.6. The van der Waals surface area contributed by atoms with E-state index in [2.05, 4.69) is 126 Å². The zero-order valence-electron chi connectivity index (χ0n) is 19.6. The van der Waals surface area contributed by atoms with E-state index in [4.69, 9.17) is 4.99 Å². The number of aliphatic imine (C=N–C) groups is 1. The number of allylic oxidation sites excluding steroid dienone is 2. The lowest BCUT2D eigenvalue weighted by Crippen LogP contribution is -2.28. The first-order valence-electron chi connectivity index (χ1n) is 12.2. The van der Waals surface area contributed by atoms with Gasteiger partial charge < -0.3 is 4.57 Å². The van der Waals surface area contributed by atoms with Crippen molar-refractivity contribution in [2.24, 2.45) is 4.99 Å². The summed E-state index contributed by atoms with van der Waals surface area (Å²) in [6.07, 6.45) is 8.66. The molecule has 4 aromatic carbocycles. The minimum Gasteiger partial charge on any atom is -0.309 e. The zero-order chi connectivity index (χ0) is 23.4. The second-order valence-corrected chi connectivity index (χ2v) is 9.26. The molecule has 0 atom stereocenters. The molecule has 3 heteroatoms. The van der Waals surface area contributed by atoms with Crippen molar-refractivity contribution >= 4 is 51.2 Å². The summed E-state index contributed by atoms with van der Waals surface area (Å²) in [5.74, 6) is 1.11. The molecule has 1 aromatic heterocycles. The topological polar surface area (TPSA) is 20.5 Å². The number of aromatic nitrogens is 1. The van der Waals surface area contributed by atoms with Crippen LogP contribution in [0.1, 0.15) is 30.9 Å². The summed E-state index contributed by atoms with van der Waals surface area (Å²) in [7, 11) is 0. The van der Waals surface area contributed by atoms with Gasteiger partial charge in [-0.05, 0) is 55.3 Å². The highest BCUT2D eigenvalue weighted by molar-refractivity contribution is 6.15. The van der Waals surface area contributed by atoms with Crippen LogP contribution < -0.4 is 4.90 Å². The largest absolute Gasteiger partial charge is 0.309 e. The normalized spacial score (nSPS) is 14.9. The number of hydrogen-bond acceptors (Lipinski definition) is 2. The van der Waals surface area contributed by atoms with Gasteiger partial charge in [0.2, 0.25) is 0 Å². The standard InChI is InChI=1S/C32H25N3/c1-22-10-9-17-32(33-22)35-28-15-7-5-11-23(28)18-19-24-20-31-27(21-30(24)35)26-14-6-8-16-29(26)34(31)25-12-3-2-4-13-25/h2-8,10-16,18-21H,9,17H2,1H3. The maximum Gasteiger partial charge on any atom is 0.114 e. The highest BCUT2D eigenvalue weighted by atomic mass is 15.2. The number of rotatable bonds is 1. The molecule has 0 saturated carbocycles. The Balaban J connectivity index is 1.57. The minimum absolute atomic E-state index is 0.926. The number of amidine groups is 1. The average molecular weight is 452 g/mol. The van der Waals surface area contributed by atoms with Crippen LogP contribution >= 0.6 is 0 Å². The van der Waals surface area contributed by atoms with Gasteiger partial charge in [0.1, 0.15) is 5.84 Å². The van der Waals surface area contributed by atoms with E-state index in [1.807, 2.05) is 0 Å². The molecule has 0 spiro atoms. The lowest BCUT2D eigenvalue weighted by molar-refractivity contribution is 0.993. The number of para-hydroxylation sites is 3. The molecule has 0 aliphatic carbocycles. The van der Waals surface area contributed by atoms with Gasteiger partial charge in [-0.1, -0.05) is 72.8 Å². The van der Waals surface area contributed by atoms with Crippen LogP contribution in [-0.4, -0.2) is 10.4 Å². The summed E-state index contributed by atoms with van der Waals surface area (Å²) in [4.78, 5) is 7.40. The fourth-order valence-corrected chi connectivity index (χ4v) is 5.50. The molecule has 0 bridgehead atoms. The van der Waals surface area contributed by atoms with Crippen molar-refractivity contribution in [2.45, 2.75) is 19.8 Å². The molecule has 5 aromatic rings. The van der Waals surface area contributed by atoms with Crippen LogP contribution in [0, 0.1) is 0 Å². The van der Waals surface area contributed by atoms with Crippen molar-refractivity contribution in [3.8, 4) is 5.69 Å². The molecular weight excluding hydrogens is 426 g/mol. The monoisotopic (exact) mass is 451 g/mol. The molecular formula is C32H25N3. The Hall–Kier alpha value is -4.37. The van der Waals surface area contributed by atoms with Crippen LogP contribution in [0.3, 0.4) is 0 Å². The predicted molar refractivity (Wildman–Crippen MR) is 149 cm³/mol. The lowest BCUT2D eigenvalue weighted by atomic mass is 10.1. The summed E-state index contributed by atoms with van der Waals surface area (Å²) in [6, 6.07) is 32.7. The third kappa shape index (κ3) is 3.16. The maximum atomic E-state index is 5.01. The first-order chi connectivity index (χ1) is 17.3. The number of benzene rings is 4. The Morgan fingerprint density at radius 2 is 1.46 bits per heavy atom. The van der Waals surface area contributed by atoms with Crippen molar-refractivity contribution in [3.05, 3.63) is 114 Å². The Bertz CT molecular complexity index is 1700. The fraction of sp³-hybridized carbons (Fsp3) is 0.0938. The number of anilines is 2. The van der Waals surface area contributed by atoms with Gasteiger partial charge in [0, 0.05) is 34.1 Å². The van der Waals surface area contributed by atoms with E-state index < -0.39 is 0 Å². The quantitative estimate of drug-likeness (QED) is 0.250. The highest BCUT2D eigenvalue weighted by Gasteiger charge is 2.25. The Morgan fingerprint density at radius 3 is 2.34 bits per heavy atom. The molecule has 168 valence electrons. The Morgan fingerprint density at radius 1 is 0.686 bits per heavy atom. The van der Waals surface area contributed by atoms with Crippen LogP contribution in [0.2, 0.25) is 0 Å². The molecule has 3 heterocycles. The smallest absolute Gasteiger partial charge is 0.114 e. The Kier molecular flexibility index (Phi) is 4.49. The van der Waals surface area contributed by atoms with E-state index in [-0.39, 0.29) is 0 Å². The molecule has 7 rings (SSSR count). The number of fused-ring (bicyclic) bond motifs is 5.